The molecule has 1 saturated carbocycles. The van der Waals surface area contributed by atoms with E-state index in [-0.39, 0.29) is 0 Å². The van der Waals surface area contributed by atoms with Crippen LogP contribution in [0.25, 0.3) is 0 Å². The number of piperidine rings is 1. The maximum absolute atomic E-state index is 6.42. The van der Waals surface area contributed by atoms with Crippen molar-refractivity contribution in [1.29, 1.82) is 0 Å². The van der Waals surface area contributed by atoms with Crippen molar-refractivity contribution >= 4 is 0 Å². The molecule has 104 valence electrons. The molecule has 2 unspecified atom stereocenters. The number of hydrogen-bond acceptors (Lipinski definition) is 3. The number of nitrogens with zero attached hydrogens (tertiary/aromatic N) is 2. The second kappa shape index (κ2) is 5.89. The molecule has 3 heteroatoms. The molecular weight excluding hydrogens is 222 g/mol. The van der Waals surface area contributed by atoms with Gasteiger partial charge < -0.3 is 5.73 Å². The second-order valence-electron chi connectivity index (χ2n) is 6.65. The fourth-order valence-electron chi connectivity index (χ4n) is 4.22. The molecule has 0 radical (unpaired) electrons. The van der Waals surface area contributed by atoms with Crippen LogP contribution < -0.4 is 5.73 Å². The van der Waals surface area contributed by atoms with Crippen LogP contribution in [-0.2, 0) is 0 Å². The van der Waals surface area contributed by atoms with Crippen LogP contribution in [-0.4, -0.2) is 54.6 Å². The lowest BCUT2D eigenvalue weighted by atomic mass is 9.96. The van der Waals surface area contributed by atoms with E-state index in [1.54, 1.807) is 0 Å². The largest absolute Gasteiger partial charge is 0.326 e. The van der Waals surface area contributed by atoms with Gasteiger partial charge in [0, 0.05) is 38.3 Å². The summed E-state index contributed by atoms with van der Waals surface area (Å²) >= 11 is 0. The Kier molecular flexibility index (Phi) is 4.22. The maximum atomic E-state index is 6.42. The van der Waals surface area contributed by atoms with Crippen molar-refractivity contribution in [1.82, 2.24) is 9.80 Å². The quantitative estimate of drug-likeness (QED) is 0.828. The number of piperazine rings is 1. The molecule has 0 bridgehead atoms. The van der Waals surface area contributed by atoms with E-state index in [9.17, 15) is 0 Å². The summed E-state index contributed by atoms with van der Waals surface area (Å²) in [6, 6.07) is 1.27. The fraction of sp³-hybridized carbons (Fsp3) is 1.00. The molecule has 18 heavy (non-hydrogen) atoms. The smallest absolute Gasteiger partial charge is 0.0223 e. The molecule has 3 nitrogen and oxygen atoms in total. The van der Waals surface area contributed by atoms with E-state index in [1.807, 2.05) is 0 Å². The highest BCUT2D eigenvalue weighted by Gasteiger charge is 2.31. The van der Waals surface area contributed by atoms with E-state index in [0.29, 0.717) is 6.04 Å². The first-order chi connectivity index (χ1) is 8.83. The average Bonchev–Trinajstić information content (AvgIpc) is 2.92. The van der Waals surface area contributed by atoms with Crippen LogP contribution in [0, 0.1) is 5.92 Å². The molecular formula is C15H29N3. The second-order valence-corrected chi connectivity index (χ2v) is 6.65. The van der Waals surface area contributed by atoms with Gasteiger partial charge in [0.2, 0.25) is 0 Å². The number of hydrogen-bond donors (Lipinski definition) is 1. The highest BCUT2D eigenvalue weighted by atomic mass is 15.3. The summed E-state index contributed by atoms with van der Waals surface area (Å²) in [6.45, 7) is 6.29. The zero-order valence-electron chi connectivity index (χ0n) is 11.7. The van der Waals surface area contributed by atoms with E-state index in [1.165, 1.54) is 71.1 Å². The topological polar surface area (TPSA) is 32.5 Å². The van der Waals surface area contributed by atoms with Crippen LogP contribution in [0.1, 0.15) is 44.9 Å². The van der Waals surface area contributed by atoms with Crippen LogP contribution in [0.4, 0.5) is 0 Å². The molecule has 0 aromatic rings. The van der Waals surface area contributed by atoms with Crippen molar-refractivity contribution in [2.24, 2.45) is 11.7 Å². The Morgan fingerprint density at radius 2 is 1.72 bits per heavy atom. The average molecular weight is 251 g/mol. The fourth-order valence-corrected chi connectivity index (χ4v) is 4.22. The number of nitrogens with two attached hydrogens (primary N) is 1. The predicted molar refractivity (Wildman–Crippen MR) is 75.6 cm³/mol. The minimum atomic E-state index is 0.433. The molecule has 0 aromatic carbocycles. The van der Waals surface area contributed by atoms with Gasteiger partial charge in [0.1, 0.15) is 0 Å². The van der Waals surface area contributed by atoms with E-state index < -0.39 is 0 Å². The van der Waals surface area contributed by atoms with Gasteiger partial charge in [-0.15, -0.1) is 0 Å². The molecule has 2 saturated heterocycles. The van der Waals surface area contributed by atoms with Crippen molar-refractivity contribution in [2.45, 2.75) is 57.0 Å². The van der Waals surface area contributed by atoms with Crippen LogP contribution >= 0.6 is 0 Å². The third-order valence-electron chi connectivity index (χ3n) is 5.40. The zero-order chi connectivity index (χ0) is 12.4. The summed E-state index contributed by atoms with van der Waals surface area (Å²) in [5.74, 6) is 0.814. The van der Waals surface area contributed by atoms with Gasteiger partial charge in [-0.25, -0.2) is 0 Å². The van der Waals surface area contributed by atoms with Gasteiger partial charge in [-0.3, -0.25) is 9.80 Å². The molecule has 3 fully saturated rings. The lowest BCUT2D eigenvalue weighted by Crippen LogP contribution is -2.57. The number of fused-ring (bicyclic) bond motifs is 1. The molecule has 0 aromatic heterocycles. The molecule has 2 N–H and O–H groups in total. The standard InChI is InChI=1S/C15H29N3/c16-15(13-5-1-2-6-13)12-17-9-10-18-8-4-3-7-14(18)11-17/h13-15H,1-12,16H2. The summed E-state index contributed by atoms with van der Waals surface area (Å²) in [7, 11) is 0. The van der Waals surface area contributed by atoms with Crippen molar-refractivity contribution in [3.8, 4) is 0 Å². The Morgan fingerprint density at radius 3 is 2.56 bits per heavy atom. The lowest BCUT2D eigenvalue weighted by Gasteiger charge is -2.45. The Labute approximate surface area is 112 Å². The first-order valence-corrected chi connectivity index (χ1v) is 8.05. The summed E-state index contributed by atoms with van der Waals surface area (Å²) < 4.78 is 0. The molecule has 0 spiro atoms. The van der Waals surface area contributed by atoms with Crippen LogP contribution in [0.2, 0.25) is 0 Å². The van der Waals surface area contributed by atoms with Crippen molar-refractivity contribution in [3.63, 3.8) is 0 Å². The minimum Gasteiger partial charge on any atom is -0.326 e. The van der Waals surface area contributed by atoms with Gasteiger partial charge in [-0.2, -0.15) is 0 Å². The normalized spacial score (nSPS) is 33.5. The first kappa shape index (κ1) is 12.9. The number of rotatable bonds is 3. The Bertz CT molecular complexity index is 262. The maximum Gasteiger partial charge on any atom is 0.0223 e. The van der Waals surface area contributed by atoms with Gasteiger partial charge in [0.25, 0.3) is 0 Å². The lowest BCUT2D eigenvalue weighted by molar-refractivity contribution is 0.0438. The minimum absolute atomic E-state index is 0.433. The summed E-state index contributed by atoms with van der Waals surface area (Å²) in [5.41, 5.74) is 6.42. The summed E-state index contributed by atoms with van der Waals surface area (Å²) in [5, 5.41) is 0. The van der Waals surface area contributed by atoms with Crippen LogP contribution in [0.3, 0.4) is 0 Å². The SMILES string of the molecule is NC(CN1CCN2CCCCC2C1)C1CCCC1. The van der Waals surface area contributed by atoms with E-state index in [4.69, 9.17) is 5.73 Å². The van der Waals surface area contributed by atoms with Gasteiger partial charge >= 0.3 is 0 Å². The highest BCUT2D eigenvalue weighted by Crippen LogP contribution is 2.28. The Morgan fingerprint density at radius 1 is 0.944 bits per heavy atom. The van der Waals surface area contributed by atoms with Crippen molar-refractivity contribution in [2.75, 3.05) is 32.7 Å². The monoisotopic (exact) mass is 251 g/mol. The van der Waals surface area contributed by atoms with E-state index in [2.05, 4.69) is 9.80 Å². The van der Waals surface area contributed by atoms with Crippen LogP contribution in [0.5, 0.6) is 0 Å². The molecule has 2 heterocycles. The molecule has 3 aliphatic rings. The highest BCUT2D eigenvalue weighted by molar-refractivity contribution is 4.88. The molecule has 0 amide bonds. The third-order valence-corrected chi connectivity index (χ3v) is 5.40. The van der Waals surface area contributed by atoms with Gasteiger partial charge in [-0.1, -0.05) is 19.3 Å². The predicted octanol–water partition coefficient (Wildman–Crippen LogP) is 1.67. The van der Waals surface area contributed by atoms with E-state index >= 15 is 0 Å². The third kappa shape index (κ3) is 2.89. The van der Waals surface area contributed by atoms with Gasteiger partial charge in [0.15, 0.2) is 0 Å². The van der Waals surface area contributed by atoms with Crippen molar-refractivity contribution in [3.05, 3.63) is 0 Å². The van der Waals surface area contributed by atoms with Gasteiger partial charge in [0.05, 0.1) is 0 Å². The molecule has 1 aliphatic carbocycles. The van der Waals surface area contributed by atoms with E-state index in [0.717, 1.165) is 18.5 Å². The van der Waals surface area contributed by atoms with Gasteiger partial charge in [-0.05, 0) is 38.1 Å². The molecule has 3 rings (SSSR count). The van der Waals surface area contributed by atoms with Crippen LogP contribution in [0.15, 0.2) is 0 Å². The zero-order valence-corrected chi connectivity index (χ0v) is 11.7. The Balaban J connectivity index is 1.48. The van der Waals surface area contributed by atoms with Crippen molar-refractivity contribution < 1.29 is 0 Å². The molecule has 2 aliphatic heterocycles. The molecule has 2 atom stereocenters. The summed E-state index contributed by atoms with van der Waals surface area (Å²) in [4.78, 5) is 5.36. The summed E-state index contributed by atoms with van der Waals surface area (Å²) in [6.07, 6.45) is 9.84. The first-order valence-electron chi connectivity index (χ1n) is 8.05. The Hall–Kier alpha value is -0.120.